The van der Waals surface area contributed by atoms with Crippen LogP contribution in [0.5, 0.6) is 11.5 Å². The largest absolute Gasteiger partial charge is 2.00 e. The summed E-state index contributed by atoms with van der Waals surface area (Å²) in [7, 11) is -8.99. The Morgan fingerprint density at radius 2 is 0.977 bits per heavy atom. The van der Waals surface area contributed by atoms with Gasteiger partial charge in [-0.1, -0.05) is 128 Å². The number of unbranched alkanes of at least 4 members (excludes halogenated alkanes) is 14. The second-order valence-electron chi connectivity index (χ2n) is 11.0. The average Bonchev–Trinajstić information content (AvgIpc) is 2.91. The van der Waals surface area contributed by atoms with Crippen LogP contribution >= 0.6 is 0 Å². The van der Waals surface area contributed by atoms with Gasteiger partial charge in [-0.25, -0.2) is 8.42 Å². The van der Waals surface area contributed by atoms with E-state index in [1.165, 1.54) is 95.2 Å². The molecule has 0 heterocycles. The molecule has 240 valence electrons. The number of rotatable bonds is 20. The van der Waals surface area contributed by atoms with Crippen LogP contribution in [0.15, 0.2) is 46.2 Å². The van der Waals surface area contributed by atoms with Crippen molar-refractivity contribution in [3.05, 3.63) is 47.5 Å². The third-order valence-electron chi connectivity index (χ3n) is 7.22. The molecular weight excluding hydrogens is 642 g/mol. The predicted octanol–water partition coefficient (Wildman–Crippen LogP) is 7.67. The van der Waals surface area contributed by atoms with Crippen molar-refractivity contribution in [1.82, 2.24) is 0 Å². The van der Waals surface area contributed by atoms with Gasteiger partial charge in [-0.2, -0.15) is 8.42 Å². The van der Waals surface area contributed by atoms with Crippen molar-refractivity contribution in [2.75, 3.05) is 0 Å². The van der Waals surface area contributed by atoms with E-state index in [1.54, 1.807) is 12.1 Å². The Hall–Kier alpha value is -1.52. The Morgan fingerprint density at radius 1 is 0.605 bits per heavy atom. The summed E-state index contributed by atoms with van der Waals surface area (Å²) in [6, 6.07) is 8.28. The first-order valence-corrected chi connectivity index (χ1v) is 18.3. The molecule has 0 bridgehead atoms. The normalized spacial score (nSPS) is 11.4. The SMILES string of the molecule is CCCCCCCCCCc1ccc(S(=O)(=O)O)c(O)c1.CCCCCCCCCCc1ccc(S(=O)(=O)[O-])c([O-])c1.[Zn+2]. The van der Waals surface area contributed by atoms with Gasteiger partial charge in [0.2, 0.25) is 0 Å². The van der Waals surface area contributed by atoms with E-state index in [9.17, 15) is 31.6 Å². The fourth-order valence-electron chi connectivity index (χ4n) is 4.78. The van der Waals surface area contributed by atoms with Crippen LogP contribution in [0.1, 0.15) is 128 Å². The van der Waals surface area contributed by atoms with Crippen LogP contribution < -0.4 is 5.11 Å². The maximum Gasteiger partial charge on any atom is 2.00 e. The van der Waals surface area contributed by atoms with Gasteiger partial charge >= 0.3 is 19.5 Å². The summed E-state index contributed by atoms with van der Waals surface area (Å²) in [5, 5.41) is 21.2. The molecule has 0 aromatic heterocycles. The number of aryl methyl sites for hydroxylation is 2. The number of phenols is 1. The number of aromatic hydroxyl groups is 1. The van der Waals surface area contributed by atoms with Crippen molar-refractivity contribution in [3.8, 4) is 11.5 Å². The summed E-state index contributed by atoms with van der Waals surface area (Å²) in [6.45, 7) is 4.41. The van der Waals surface area contributed by atoms with Gasteiger partial charge < -0.3 is 14.8 Å². The molecule has 2 aromatic rings. The molecule has 11 heteroatoms. The first kappa shape index (κ1) is 41.5. The van der Waals surface area contributed by atoms with E-state index in [-0.39, 0.29) is 25.2 Å². The quantitative estimate of drug-likeness (QED) is 0.0814. The molecule has 0 radical (unpaired) electrons. The molecule has 0 amide bonds. The number of hydrogen-bond donors (Lipinski definition) is 2. The Kier molecular flexibility index (Phi) is 22.1. The standard InChI is InChI=1S/2C16H26O4S.Zn/c2*1-2-3-4-5-6-7-8-9-10-14-11-12-16(15(17)13-14)21(18,19)20;/h2*11-13,17H,2-10H2,1H3,(H,18,19,20);/q;;+2/p-2. The van der Waals surface area contributed by atoms with Crippen molar-refractivity contribution in [2.45, 2.75) is 139 Å². The zero-order chi connectivity index (χ0) is 31.4. The van der Waals surface area contributed by atoms with Crippen LogP contribution in [0.2, 0.25) is 0 Å². The van der Waals surface area contributed by atoms with Crippen LogP contribution in [0.4, 0.5) is 0 Å². The maximum absolute atomic E-state index is 11.5. The molecule has 0 fully saturated rings. The molecule has 0 saturated carbocycles. The van der Waals surface area contributed by atoms with Crippen LogP contribution in [0.3, 0.4) is 0 Å². The Bertz CT molecular complexity index is 1150. The van der Waals surface area contributed by atoms with Gasteiger partial charge in [0, 0.05) is 4.90 Å². The topological polar surface area (TPSA) is 155 Å². The monoisotopic (exact) mass is 690 g/mol. The molecule has 43 heavy (non-hydrogen) atoms. The fourth-order valence-corrected chi connectivity index (χ4v) is 5.88. The van der Waals surface area contributed by atoms with Crippen molar-refractivity contribution in [1.29, 1.82) is 0 Å². The molecule has 0 spiro atoms. The minimum Gasteiger partial charge on any atom is -0.872 e. The molecule has 8 nitrogen and oxygen atoms in total. The molecule has 2 aromatic carbocycles. The molecule has 2 N–H and O–H groups in total. The first-order valence-electron chi connectivity index (χ1n) is 15.4. The summed E-state index contributed by atoms with van der Waals surface area (Å²) in [4.78, 5) is -1.08. The number of phenolic OH excluding ortho intramolecular Hbond substituents is 1. The van der Waals surface area contributed by atoms with E-state index in [1.807, 2.05) is 0 Å². The average molecular weight is 692 g/mol. The van der Waals surface area contributed by atoms with Crippen LogP contribution in [-0.4, -0.2) is 31.0 Å². The van der Waals surface area contributed by atoms with Gasteiger partial charge in [-0.05, 0) is 55.0 Å². The molecule has 0 saturated heterocycles. The number of hydrogen-bond acceptors (Lipinski definition) is 7. The Labute approximate surface area is 273 Å². The minimum absolute atomic E-state index is 0. The van der Waals surface area contributed by atoms with Crippen LogP contribution in [0, 0.1) is 0 Å². The summed E-state index contributed by atoms with van der Waals surface area (Å²) in [6.07, 6.45) is 21.1. The summed E-state index contributed by atoms with van der Waals surface area (Å²) >= 11 is 0. The van der Waals surface area contributed by atoms with Crippen molar-refractivity contribution >= 4 is 20.2 Å². The fraction of sp³-hybridized carbons (Fsp3) is 0.625. The molecule has 0 aliphatic heterocycles. The zero-order valence-corrected chi connectivity index (χ0v) is 30.7. The smallest absolute Gasteiger partial charge is 0.872 e. The van der Waals surface area contributed by atoms with Gasteiger partial charge in [-0.15, -0.1) is 0 Å². The van der Waals surface area contributed by atoms with Gasteiger partial charge in [0.05, 0.1) is 0 Å². The summed E-state index contributed by atoms with van der Waals surface area (Å²) < 4.78 is 63.3. The first-order chi connectivity index (χ1) is 19.9. The molecular formula is C32H50O8S2Zn. The predicted molar refractivity (Wildman–Crippen MR) is 164 cm³/mol. The Morgan fingerprint density at radius 3 is 1.33 bits per heavy atom. The Balaban J connectivity index is 0.000000802. The van der Waals surface area contributed by atoms with E-state index in [0.717, 1.165) is 55.7 Å². The summed E-state index contributed by atoms with van der Waals surface area (Å²) in [5.74, 6) is -1.07. The zero-order valence-electron chi connectivity index (χ0n) is 26.1. The summed E-state index contributed by atoms with van der Waals surface area (Å²) in [5.41, 5.74) is 1.70. The van der Waals surface area contributed by atoms with E-state index >= 15 is 0 Å². The molecule has 0 aliphatic rings. The van der Waals surface area contributed by atoms with E-state index in [0.29, 0.717) is 0 Å². The van der Waals surface area contributed by atoms with E-state index < -0.39 is 35.8 Å². The van der Waals surface area contributed by atoms with Gasteiger partial charge in [0.15, 0.2) is 0 Å². The molecule has 0 aliphatic carbocycles. The second kappa shape index (κ2) is 22.9. The number of benzene rings is 2. The van der Waals surface area contributed by atoms with Gasteiger partial charge in [-0.3, -0.25) is 4.55 Å². The van der Waals surface area contributed by atoms with Gasteiger partial charge in [0.25, 0.3) is 10.1 Å². The van der Waals surface area contributed by atoms with Crippen LogP contribution in [-0.2, 0) is 52.6 Å². The van der Waals surface area contributed by atoms with Crippen molar-refractivity contribution < 1.29 is 55.6 Å². The van der Waals surface area contributed by atoms with Crippen LogP contribution in [0.25, 0.3) is 0 Å². The third kappa shape index (κ3) is 18.8. The van der Waals surface area contributed by atoms with Crippen molar-refractivity contribution in [2.24, 2.45) is 0 Å². The van der Waals surface area contributed by atoms with E-state index in [4.69, 9.17) is 4.55 Å². The third-order valence-corrected chi connectivity index (χ3v) is 8.99. The van der Waals surface area contributed by atoms with Crippen molar-refractivity contribution in [3.63, 3.8) is 0 Å². The molecule has 0 unspecified atom stereocenters. The molecule has 2 rings (SSSR count). The minimum atomic E-state index is -4.65. The second-order valence-corrected chi connectivity index (χ2v) is 13.7. The van der Waals surface area contributed by atoms with Gasteiger partial charge in [0.1, 0.15) is 20.8 Å². The molecule has 0 atom stereocenters. The van der Waals surface area contributed by atoms with E-state index in [2.05, 4.69) is 13.8 Å². The maximum atomic E-state index is 11.5.